The molecule has 3 aromatic rings. The van der Waals surface area contributed by atoms with Crippen molar-refractivity contribution in [2.24, 2.45) is 0 Å². The number of rotatable bonds is 6. The smallest absolute Gasteiger partial charge is 0.322 e. The van der Waals surface area contributed by atoms with E-state index in [1.165, 1.54) is 23.3 Å². The van der Waals surface area contributed by atoms with Crippen LogP contribution in [0.25, 0.3) is 0 Å². The number of ether oxygens (including phenoxy) is 1. The largest absolute Gasteiger partial charge is 0.380 e. The van der Waals surface area contributed by atoms with Crippen LogP contribution in [0, 0.1) is 5.82 Å². The van der Waals surface area contributed by atoms with Crippen molar-refractivity contribution in [2.75, 3.05) is 25.5 Å². The van der Waals surface area contributed by atoms with Gasteiger partial charge in [0.1, 0.15) is 5.82 Å². The van der Waals surface area contributed by atoms with Crippen LogP contribution in [-0.4, -0.2) is 42.1 Å². The van der Waals surface area contributed by atoms with E-state index in [1.807, 2.05) is 23.1 Å². The minimum absolute atomic E-state index is 0.0845. The number of urea groups is 1. The van der Waals surface area contributed by atoms with Gasteiger partial charge in [-0.2, -0.15) is 0 Å². The molecule has 1 fully saturated rings. The Bertz CT molecular complexity index is 1140. The molecule has 0 saturated carbocycles. The summed E-state index contributed by atoms with van der Waals surface area (Å²) < 4.78 is 18.9. The van der Waals surface area contributed by atoms with Crippen LogP contribution in [0.15, 0.2) is 72.8 Å². The Hall–Kier alpha value is -3.22. The van der Waals surface area contributed by atoms with Crippen LogP contribution in [-0.2, 0) is 17.9 Å². The zero-order valence-electron chi connectivity index (χ0n) is 19.4. The van der Waals surface area contributed by atoms with Gasteiger partial charge in [0.05, 0.1) is 12.6 Å². The van der Waals surface area contributed by atoms with Crippen LogP contribution >= 0.6 is 0 Å². The molecule has 2 amide bonds. The van der Waals surface area contributed by atoms with Crippen molar-refractivity contribution in [1.82, 2.24) is 9.80 Å². The Kier molecular flexibility index (Phi) is 6.61. The summed E-state index contributed by atoms with van der Waals surface area (Å²) >= 11 is 0. The van der Waals surface area contributed by atoms with Crippen LogP contribution in [0.3, 0.4) is 0 Å². The molecule has 0 aliphatic carbocycles. The lowest BCUT2D eigenvalue weighted by atomic mass is 9.90. The van der Waals surface area contributed by atoms with Gasteiger partial charge in [0.25, 0.3) is 0 Å². The van der Waals surface area contributed by atoms with E-state index in [9.17, 15) is 9.18 Å². The van der Waals surface area contributed by atoms with Crippen molar-refractivity contribution in [3.8, 4) is 0 Å². The summed E-state index contributed by atoms with van der Waals surface area (Å²) in [6.07, 6.45) is 1.79. The molecule has 0 spiro atoms. The van der Waals surface area contributed by atoms with Gasteiger partial charge >= 0.3 is 6.03 Å². The van der Waals surface area contributed by atoms with Crippen molar-refractivity contribution in [1.29, 1.82) is 0 Å². The van der Waals surface area contributed by atoms with Crippen LogP contribution in [0.2, 0.25) is 0 Å². The van der Waals surface area contributed by atoms with Gasteiger partial charge in [-0.15, -0.1) is 0 Å². The predicted octanol–water partition coefficient (Wildman–Crippen LogP) is 5.57. The molecule has 1 N–H and O–H groups in total. The third kappa shape index (κ3) is 4.69. The number of benzene rings is 3. The number of methoxy groups -OCH3 is 1. The Morgan fingerprint density at radius 1 is 0.971 bits per heavy atom. The molecule has 1 saturated heterocycles. The maximum atomic E-state index is 13.7. The van der Waals surface area contributed by atoms with E-state index in [0.29, 0.717) is 6.61 Å². The fraction of sp³-hybridized carbons (Fsp3) is 0.321. The number of carbonyl (C=O) groups is 1. The number of anilines is 1. The van der Waals surface area contributed by atoms with Crippen molar-refractivity contribution in [2.45, 2.75) is 38.1 Å². The number of fused-ring (bicyclic) bond motifs is 1. The van der Waals surface area contributed by atoms with E-state index in [-0.39, 0.29) is 23.9 Å². The van der Waals surface area contributed by atoms with E-state index in [1.54, 1.807) is 19.2 Å². The second kappa shape index (κ2) is 9.95. The number of nitrogens with one attached hydrogen (secondary N) is 1. The molecule has 2 aliphatic rings. The number of hydrogen-bond acceptors (Lipinski definition) is 3. The Morgan fingerprint density at radius 3 is 2.47 bits per heavy atom. The highest BCUT2D eigenvalue weighted by Gasteiger charge is 2.39. The summed E-state index contributed by atoms with van der Waals surface area (Å²) in [7, 11) is 1.71. The molecule has 6 heteroatoms. The first kappa shape index (κ1) is 22.6. The van der Waals surface area contributed by atoms with Gasteiger partial charge in [0.15, 0.2) is 0 Å². The third-order valence-corrected chi connectivity index (χ3v) is 6.85. The highest BCUT2D eigenvalue weighted by atomic mass is 19.1. The lowest BCUT2D eigenvalue weighted by molar-refractivity contribution is 0.105. The first-order valence-electron chi connectivity index (χ1n) is 11.8. The topological polar surface area (TPSA) is 44.8 Å². The van der Waals surface area contributed by atoms with Gasteiger partial charge in [-0.05, 0) is 47.7 Å². The maximum Gasteiger partial charge on any atom is 0.322 e. The molecule has 5 rings (SSSR count). The predicted molar refractivity (Wildman–Crippen MR) is 131 cm³/mol. The third-order valence-electron chi connectivity index (χ3n) is 6.85. The number of nitrogens with zero attached hydrogens (tertiary/aromatic N) is 2. The van der Waals surface area contributed by atoms with Gasteiger partial charge in [0, 0.05) is 44.0 Å². The number of amides is 2. The van der Waals surface area contributed by atoms with Gasteiger partial charge in [-0.25, -0.2) is 9.18 Å². The van der Waals surface area contributed by atoms with E-state index < -0.39 is 0 Å². The number of likely N-dealkylation sites (tertiary alicyclic amines) is 1. The Balaban J connectivity index is 1.34. The first-order valence-corrected chi connectivity index (χ1v) is 11.8. The van der Waals surface area contributed by atoms with Crippen molar-refractivity contribution in [3.05, 3.63) is 101 Å². The molecule has 34 heavy (non-hydrogen) atoms. The maximum absolute atomic E-state index is 13.7. The van der Waals surface area contributed by atoms with Crippen LogP contribution in [0.4, 0.5) is 14.9 Å². The summed E-state index contributed by atoms with van der Waals surface area (Å²) in [6.45, 7) is 3.34. The Morgan fingerprint density at radius 2 is 1.71 bits per heavy atom. The molecular formula is C28H30FN3O2. The average Bonchev–Trinajstić information content (AvgIpc) is 2.85. The van der Waals surface area contributed by atoms with Crippen LogP contribution in [0.1, 0.15) is 41.1 Å². The second-order valence-electron chi connectivity index (χ2n) is 9.14. The molecule has 1 unspecified atom stereocenters. The highest BCUT2D eigenvalue weighted by Crippen LogP contribution is 2.40. The number of halogens is 1. The molecule has 5 nitrogen and oxygen atoms in total. The van der Waals surface area contributed by atoms with Crippen LogP contribution < -0.4 is 5.32 Å². The van der Waals surface area contributed by atoms with Crippen molar-refractivity contribution >= 4 is 11.7 Å². The zero-order valence-corrected chi connectivity index (χ0v) is 19.4. The Labute approximate surface area is 200 Å². The second-order valence-corrected chi connectivity index (χ2v) is 9.14. The quantitative estimate of drug-likeness (QED) is 0.524. The summed E-state index contributed by atoms with van der Waals surface area (Å²) in [5, 5.41) is 3.08. The van der Waals surface area contributed by atoms with Gasteiger partial charge in [0.2, 0.25) is 0 Å². The molecule has 1 atom stereocenters. The summed E-state index contributed by atoms with van der Waals surface area (Å²) in [5.41, 5.74) is 5.26. The number of para-hydroxylation sites is 1. The molecule has 2 heterocycles. The van der Waals surface area contributed by atoms with Crippen LogP contribution in [0.5, 0.6) is 0 Å². The summed E-state index contributed by atoms with van der Waals surface area (Å²) in [4.78, 5) is 17.7. The molecule has 0 bridgehead atoms. The molecule has 0 radical (unpaired) electrons. The van der Waals surface area contributed by atoms with E-state index in [0.717, 1.165) is 49.3 Å². The number of piperidine rings is 1. The summed E-state index contributed by atoms with van der Waals surface area (Å²) in [6, 6.07) is 22.8. The normalized spacial score (nSPS) is 19.1. The molecule has 176 valence electrons. The van der Waals surface area contributed by atoms with E-state index in [4.69, 9.17) is 4.74 Å². The van der Waals surface area contributed by atoms with Gasteiger partial charge in [-0.1, -0.05) is 54.6 Å². The standard InChI is InChI=1S/C28H30FN3O2/c1-34-19-21-6-4-5-20(17-21)18-31-15-13-24(14-16-31)32-27(22-9-11-23(29)12-10-22)25-7-2-3-8-26(25)30-28(32)33/h2-12,17,24,27H,13-16,18-19H2,1H3,(H,30,33). The van der Waals surface area contributed by atoms with Crippen molar-refractivity contribution in [3.63, 3.8) is 0 Å². The number of hydrogen-bond donors (Lipinski definition) is 1. The molecule has 2 aliphatic heterocycles. The minimum Gasteiger partial charge on any atom is -0.380 e. The highest BCUT2D eigenvalue weighted by molar-refractivity contribution is 5.93. The lowest BCUT2D eigenvalue weighted by Gasteiger charge is -2.45. The number of carbonyl (C=O) groups excluding carboxylic acids is 1. The monoisotopic (exact) mass is 459 g/mol. The fourth-order valence-corrected chi connectivity index (χ4v) is 5.26. The molecular weight excluding hydrogens is 429 g/mol. The fourth-order valence-electron chi connectivity index (χ4n) is 5.26. The first-order chi connectivity index (χ1) is 16.6. The summed E-state index contributed by atoms with van der Waals surface area (Å²) in [5.74, 6) is -0.272. The lowest BCUT2D eigenvalue weighted by Crippen LogP contribution is -2.52. The average molecular weight is 460 g/mol. The van der Waals surface area contributed by atoms with Gasteiger partial charge in [-0.3, -0.25) is 4.90 Å². The van der Waals surface area contributed by atoms with Crippen molar-refractivity contribution < 1.29 is 13.9 Å². The van der Waals surface area contributed by atoms with E-state index in [2.05, 4.69) is 40.5 Å². The molecule has 3 aromatic carbocycles. The minimum atomic E-state index is -0.272. The van der Waals surface area contributed by atoms with E-state index >= 15 is 0 Å². The van der Waals surface area contributed by atoms with Gasteiger partial charge < -0.3 is 15.0 Å². The SMILES string of the molecule is COCc1cccc(CN2CCC(N3C(=O)Nc4ccccc4C3c3ccc(F)cc3)CC2)c1. The molecule has 0 aromatic heterocycles. The zero-order chi connectivity index (χ0) is 23.5.